The minimum atomic E-state index is -0.0991. The lowest BCUT2D eigenvalue weighted by molar-refractivity contribution is -0.117. The number of fused-ring (bicyclic) bond motifs is 1. The molecule has 4 rings (SSSR count). The second-order valence-corrected chi connectivity index (χ2v) is 6.59. The average molecular weight is 335 g/mol. The number of benzene rings is 2. The van der Waals surface area contributed by atoms with Gasteiger partial charge in [0, 0.05) is 43.9 Å². The maximum absolute atomic E-state index is 12.3. The van der Waals surface area contributed by atoms with Gasteiger partial charge in [0.15, 0.2) is 0 Å². The highest BCUT2D eigenvalue weighted by Crippen LogP contribution is 2.21. The van der Waals surface area contributed by atoms with E-state index in [1.807, 2.05) is 12.1 Å². The molecule has 2 amide bonds. The molecule has 0 bridgehead atoms. The molecular formula is C20H21N3O2. The van der Waals surface area contributed by atoms with Crippen molar-refractivity contribution in [2.75, 3.05) is 11.4 Å². The molecule has 128 valence electrons. The summed E-state index contributed by atoms with van der Waals surface area (Å²) in [6, 6.07) is 13.6. The number of nitrogens with one attached hydrogen (secondary N) is 2. The van der Waals surface area contributed by atoms with Crippen molar-refractivity contribution in [1.29, 1.82) is 0 Å². The van der Waals surface area contributed by atoms with E-state index >= 15 is 0 Å². The van der Waals surface area contributed by atoms with Crippen molar-refractivity contribution in [3.05, 3.63) is 64.7 Å². The van der Waals surface area contributed by atoms with Gasteiger partial charge in [0.25, 0.3) is 5.91 Å². The predicted octanol–water partition coefficient (Wildman–Crippen LogP) is 2.35. The summed E-state index contributed by atoms with van der Waals surface area (Å²) in [5, 5.41) is 6.29. The first kappa shape index (κ1) is 15.8. The van der Waals surface area contributed by atoms with Crippen LogP contribution in [0.15, 0.2) is 42.5 Å². The number of amides is 2. The molecule has 0 saturated carbocycles. The molecular weight excluding hydrogens is 314 g/mol. The first-order chi connectivity index (χ1) is 12.2. The van der Waals surface area contributed by atoms with E-state index in [4.69, 9.17) is 0 Å². The lowest BCUT2D eigenvalue weighted by atomic mass is 10.1. The van der Waals surface area contributed by atoms with E-state index in [1.54, 1.807) is 17.0 Å². The van der Waals surface area contributed by atoms with E-state index in [1.165, 1.54) is 11.1 Å². The van der Waals surface area contributed by atoms with Crippen LogP contribution in [0.4, 0.5) is 5.69 Å². The summed E-state index contributed by atoms with van der Waals surface area (Å²) in [6.45, 7) is 3.09. The van der Waals surface area contributed by atoms with E-state index in [9.17, 15) is 9.59 Å². The predicted molar refractivity (Wildman–Crippen MR) is 96.2 cm³/mol. The number of carbonyl (C=O) groups excluding carboxylic acids is 2. The van der Waals surface area contributed by atoms with Gasteiger partial charge in [-0.1, -0.05) is 18.2 Å². The summed E-state index contributed by atoms with van der Waals surface area (Å²) >= 11 is 0. The summed E-state index contributed by atoms with van der Waals surface area (Å²) in [5.74, 6) is 0.0567. The van der Waals surface area contributed by atoms with Gasteiger partial charge in [0.05, 0.1) is 0 Å². The molecule has 0 aliphatic carbocycles. The number of rotatable bonds is 4. The SMILES string of the molecule is O=C(NCc1ccc2c(c1)CNC2)c1ccc(N2CCCC2=O)cc1. The Labute approximate surface area is 147 Å². The van der Waals surface area contributed by atoms with E-state index in [2.05, 4.69) is 28.8 Å². The highest BCUT2D eigenvalue weighted by atomic mass is 16.2. The van der Waals surface area contributed by atoms with Crippen LogP contribution in [0.3, 0.4) is 0 Å². The van der Waals surface area contributed by atoms with Crippen molar-refractivity contribution in [2.24, 2.45) is 0 Å². The van der Waals surface area contributed by atoms with Gasteiger partial charge in [-0.25, -0.2) is 0 Å². The van der Waals surface area contributed by atoms with E-state index in [-0.39, 0.29) is 11.8 Å². The van der Waals surface area contributed by atoms with Crippen molar-refractivity contribution in [2.45, 2.75) is 32.5 Å². The average Bonchev–Trinajstić information content (AvgIpc) is 3.28. The van der Waals surface area contributed by atoms with E-state index < -0.39 is 0 Å². The molecule has 0 spiro atoms. The fourth-order valence-corrected chi connectivity index (χ4v) is 3.46. The molecule has 0 unspecified atom stereocenters. The molecule has 0 radical (unpaired) electrons. The summed E-state index contributed by atoms with van der Waals surface area (Å²) in [5.41, 5.74) is 5.23. The maximum Gasteiger partial charge on any atom is 0.251 e. The Morgan fingerprint density at radius 3 is 2.64 bits per heavy atom. The van der Waals surface area contributed by atoms with Crippen molar-refractivity contribution in [3.8, 4) is 0 Å². The Kier molecular flexibility index (Phi) is 4.24. The largest absolute Gasteiger partial charge is 0.348 e. The number of hydrogen-bond donors (Lipinski definition) is 2. The zero-order chi connectivity index (χ0) is 17.2. The summed E-state index contributed by atoms with van der Waals surface area (Å²) in [6.07, 6.45) is 1.51. The minimum Gasteiger partial charge on any atom is -0.348 e. The monoisotopic (exact) mass is 335 g/mol. The molecule has 1 saturated heterocycles. The lowest BCUT2D eigenvalue weighted by Crippen LogP contribution is -2.25. The first-order valence-corrected chi connectivity index (χ1v) is 8.71. The number of carbonyl (C=O) groups is 2. The maximum atomic E-state index is 12.3. The molecule has 5 nitrogen and oxygen atoms in total. The molecule has 1 fully saturated rings. The van der Waals surface area contributed by atoms with Crippen LogP contribution in [0.5, 0.6) is 0 Å². The van der Waals surface area contributed by atoms with Crippen LogP contribution in [0.25, 0.3) is 0 Å². The van der Waals surface area contributed by atoms with Gasteiger partial charge in [0.1, 0.15) is 0 Å². The third-order valence-electron chi connectivity index (χ3n) is 4.87. The van der Waals surface area contributed by atoms with Gasteiger partial charge in [-0.3, -0.25) is 9.59 Å². The quantitative estimate of drug-likeness (QED) is 0.902. The Hall–Kier alpha value is -2.66. The lowest BCUT2D eigenvalue weighted by Gasteiger charge is -2.15. The third kappa shape index (κ3) is 3.28. The summed E-state index contributed by atoms with van der Waals surface area (Å²) < 4.78 is 0. The number of hydrogen-bond acceptors (Lipinski definition) is 3. The summed E-state index contributed by atoms with van der Waals surface area (Å²) in [4.78, 5) is 25.9. The van der Waals surface area contributed by atoms with Crippen LogP contribution >= 0.6 is 0 Å². The van der Waals surface area contributed by atoms with Gasteiger partial charge >= 0.3 is 0 Å². The fourth-order valence-electron chi connectivity index (χ4n) is 3.46. The topological polar surface area (TPSA) is 61.4 Å². The van der Waals surface area contributed by atoms with Crippen LogP contribution in [0.2, 0.25) is 0 Å². The highest BCUT2D eigenvalue weighted by Gasteiger charge is 2.21. The molecule has 5 heteroatoms. The second-order valence-electron chi connectivity index (χ2n) is 6.59. The number of anilines is 1. The molecule has 2 aromatic rings. The van der Waals surface area contributed by atoms with Crippen LogP contribution in [0.1, 0.15) is 39.9 Å². The molecule has 2 aliphatic heterocycles. The second kappa shape index (κ2) is 6.69. The molecule has 2 aromatic carbocycles. The zero-order valence-electron chi connectivity index (χ0n) is 14.0. The van der Waals surface area contributed by atoms with Crippen molar-refractivity contribution >= 4 is 17.5 Å². The Balaban J connectivity index is 1.38. The molecule has 25 heavy (non-hydrogen) atoms. The number of nitrogens with zero attached hydrogens (tertiary/aromatic N) is 1. The Morgan fingerprint density at radius 1 is 1.08 bits per heavy atom. The van der Waals surface area contributed by atoms with Gasteiger partial charge < -0.3 is 15.5 Å². The van der Waals surface area contributed by atoms with Crippen LogP contribution in [-0.4, -0.2) is 18.4 Å². The van der Waals surface area contributed by atoms with Gasteiger partial charge in [-0.05, 0) is 47.4 Å². The van der Waals surface area contributed by atoms with Crippen LogP contribution in [0, 0.1) is 0 Å². The Morgan fingerprint density at radius 2 is 1.88 bits per heavy atom. The highest BCUT2D eigenvalue weighted by molar-refractivity contribution is 5.97. The van der Waals surface area contributed by atoms with E-state index in [0.29, 0.717) is 18.5 Å². The molecule has 2 heterocycles. The van der Waals surface area contributed by atoms with Gasteiger partial charge in [-0.15, -0.1) is 0 Å². The molecule has 0 aromatic heterocycles. The fraction of sp³-hybridized carbons (Fsp3) is 0.300. The van der Waals surface area contributed by atoms with Crippen LogP contribution < -0.4 is 15.5 Å². The van der Waals surface area contributed by atoms with Crippen molar-refractivity contribution in [3.63, 3.8) is 0 Å². The van der Waals surface area contributed by atoms with Gasteiger partial charge in [-0.2, -0.15) is 0 Å². The standard InChI is InChI=1S/C20H21N3O2/c24-19-2-1-9-23(19)18-7-5-15(6-8-18)20(25)22-11-14-3-4-16-12-21-13-17(16)10-14/h3-8,10,21H,1-2,9,11-13H2,(H,22,25). The van der Waals surface area contributed by atoms with Gasteiger partial charge in [0.2, 0.25) is 5.91 Å². The normalized spacial score (nSPS) is 16.2. The van der Waals surface area contributed by atoms with Crippen LogP contribution in [-0.2, 0) is 24.4 Å². The Bertz CT molecular complexity index is 814. The smallest absolute Gasteiger partial charge is 0.251 e. The first-order valence-electron chi connectivity index (χ1n) is 8.71. The minimum absolute atomic E-state index is 0.0991. The van der Waals surface area contributed by atoms with Crippen molar-refractivity contribution < 1.29 is 9.59 Å². The molecule has 0 atom stereocenters. The molecule has 2 aliphatic rings. The molecule has 2 N–H and O–H groups in total. The third-order valence-corrected chi connectivity index (χ3v) is 4.87. The van der Waals surface area contributed by atoms with E-state index in [0.717, 1.165) is 37.3 Å². The van der Waals surface area contributed by atoms with Crippen molar-refractivity contribution in [1.82, 2.24) is 10.6 Å². The zero-order valence-corrected chi connectivity index (χ0v) is 14.0. The summed E-state index contributed by atoms with van der Waals surface area (Å²) in [7, 11) is 0.